The quantitative estimate of drug-likeness (QED) is 0.621. The van der Waals surface area contributed by atoms with Crippen LogP contribution in [0.3, 0.4) is 0 Å². The number of amides is 2. The number of rotatable bonds is 5. The Labute approximate surface area is 185 Å². The van der Waals surface area contributed by atoms with E-state index >= 15 is 0 Å². The van der Waals surface area contributed by atoms with Crippen molar-refractivity contribution in [1.29, 1.82) is 0 Å². The van der Waals surface area contributed by atoms with Crippen LogP contribution in [0.15, 0.2) is 48.5 Å². The van der Waals surface area contributed by atoms with Gasteiger partial charge in [-0.1, -0.05) is 41.9 Å². The highest BCUT2D eigenvalue weighted by Gasteiger charge is 2.48. The smallest absolute Gasteiger partial charge is 0.246 e. The van der Waals surface area contributed by atoms with Gasteiger partial charge in [-0.25, -0.2) is 0 Å². The molecule has 0 bridgehead atoms. The number of aromatic nitrogens is 1. The maximum Gasteiger partial charge on any atom is 0.246 e. The molecule has 0 radical (unpaired) electrons. The minimum Gasteiger partial charge on any atom is -0.385 e. The summed E-state index contributed by atoms with van der Waals surface area (Å²) in [5.74, 6) is -0.0463. The molecular weight excluding hydrogens is 414 g/mol. The van der Waals surface area contributed by atoms with Crippen LogP contribution in [0.4, 0.5) is 0 Å². The van der Waals surface area contributed by atoms with Crippen molar-refractivity contribution in [2.45, 2.75) is 24.9 Å². The summed E-state index contributed by atoms with van der Waals surface area (Å²) in [5.41, 5.74) is 3.98. The van der Waals surface area contributed by atoms with Gasteiger partial charge >= 0.3 is 0 Å². The van der Waals surface area contributed by atoms with E-state index in [4.69, 9.17) is 16.3 Å². The molecule has 1 N–H and O–H groups in total. The predicted octanol–water partition coefficient (Wildman–Crippen LogP) is 3.54. The zero-order valence-corrected chi connectivity index (χ0v) is 18.1. The number of fused-ring (bicyclic) bond motifs is 4. The third kappa shape index (κ3) is 3.40. The van der Waals surface area contributed by atoms with Crippen LogP contribution in [0.5, 0.6) is 0 Å². The Kier molecular flexibility index (Phi) is 5.20. The summed E-state index contributed by atoms with van der Waals surface area (Å²) < 4.78 is 5.12. The van der Waals surface area contributed by atoms with Crippen LogP contribution in [0.25, 0.3) is 10.9 Å². The van der Waals surface area contributed by atoms with Crippen LogP contribution < -0.4 is 0 Å². The largest absolute Gasteiger partial charge is 0.385 e. The molecule has 3 heterocycles. The molecule has 7 heteroatoms. The van der Waals surface area contributed by atoms with Crippen molar-refractivity contribution in [3.63, 3.8) is 0 Å². The fourth-order valence-corrected chi connectivity index (χ4v) is 5.13. The van der Waals surface area contributed by atoms with Crippen molar-refractivity contribution in [3.8, 4) is 0 Å². The minimum atomic E-state index is -0.528. The summed E-state index contributed by atoms with van der Waals surface area (Å²) in [7, 11) is 1.64. The topological polar surface area (TPSA) is 65.6 Å². The van der Waals surface area contributed by atoms with Crippen molar-refractivity contribution in [3.05, 3.63) is 70.4 Å². The van der Waals surface area contributed by atoms with Crippen LogP contribution in [-0.4, -0.2) is 59.4 Å². The number of nitrogens with zero attached hydrogens (tertiary/aromatic N) is 2. The number of H-pyrrole nitrogens is 1. The highest BCUT2D eigenvalue weighted by atomic mass is 35.5. The van der Waals surface area contributed by atoms with Crippen LogP contribution in [0, 0.1) is 0 Å². The van der Waals surface area contributed by atoms with E-state index < -0.39 is 6.04 Å². The monoisotopic (exact) mass is 437 g/mol. The van der Waals surface area contributed by atoms with Gasteiger partial charge in [0.2, 0.25) is 11.8 Å². The first-order valence-electron chi connectivity index (χ1n) is 10.5. The molecule has 2 amide bonds. The van der Waals surface area contributed by atoms with E-state index in [2.05, 4.69) is 11.1 Å². The van der Waals surface area contributed by atoms with Gasteiger partial charge in [0.1, 0.15) is 6.04 Å². The number of nitrogens with one attached hydrogen (secondary N) is 1. The highest BCUT2D eigenvalue weighted by molar-refractivity contribution is 6.30. The molecule has 2 aliphatic heterocycles. The Morgan fingerprint density at radius 2 is 2.00 bits per heavy atom. The zero-order valence-electron chi connectivity index (χ0n) is 17.3. The third-order valence-corrected chi connectivity index (χ3v) is 6.52. The molecule has 31 heavy (non-hydrogen) atoms. The summed E-state index contributed by atoms with van der Waals surface area (Å²) in [6.45, 7) is 1.17. The summed E-state index contributed by atoms with van der Waals surface area (Å²) in [6, 6.07) is 14.7. The number of benzene rings is 2. The number of hydrogen-bond donors (Lipinski definition) is 1. The fraction of sp³-hybridized carbons (Fsp3) is 0.333. The van der Waals surface area contributed by atoms with Crippen LogP contribution in [0.2, 0.25) is 5.02 Å². The lowest BCUT2D eigenvalue weighted by molar-refractivity contribution is -0.158. The molecule has 2 aromatic carbocycles. The number of hydrogen-bond acceptors (Lipinski definition) is 3. The number of halogens is 1. The first-order valence-corrected chi connectivity index (χ1v) is 10.9. The molecule has 5 rings (SSSR count). The van der Waals surface area contributed by atoms with E-state index in [-0.39, 0.29) is 24.4 Å². The Hall–Kier alpha value is -2.83. The summed E-state index contributed by atoms with van der Waals surface area (Å²) >= 11 is 6.30. The molecular formula is C24H24ClN3O3. The molecule has 160 valence electrons. The Morgan fingerprint density at radius 3 is 2.81 bits per heavy atom. The maximum atomic E-state index is 13.5. The molecule has 1 saturated heterocycles. The number of piperazine rings is 1. The van der Waals surface area contributed by atoms with Crippen LogP contribution >= 0.6 is 11.6 Å². The van der Waals surface area contributed by atoms with Crippen molar-refractivity contribution < 1.29 is 14.3 Å². The molecule has 2 aliphatic rings. The normalized spacial score (nSPS) is 20.8. The summed E-state index contributed by atoms with van der Waals surface area (Å²) in [6.07, 6.45) is 1.21. The highest BCUT2D eigenvalue weighted by Crippen LogP contribution is 2.42. The summed E-state index contributed by atoms with van der Waals surface area (Å²) in [5, 5.41) is 1.70. The van der Waals surface area contributed by atoms with Gasteiger partial charge in [0.05, 0.1) is 12.6 Å². The van der Waals surface area contributed by atoms with E-state index in [1.54, 1.807) is 16.9 Å². The lowest BCUT2D eigenvalue weighted by Gasteiger charge is -2.47. The second-order valence-electron chi connectivity index (χ2n) is 8.15. The van der Waals surface area contributed by atoms with Crippen molar-refractivity contribution in [2.75, 3.05) is 26.8 Å². The molecule has 0 aliphatic carbocycles. The predicted molar refractivity (Wildman–Crippen MR) is 119 cm³/mol. The zero-order chi connectivity index (χ0) is 21.5. The molecule has 6 nitrogen and oxygen atoms in total. The number of carbonyl (C=O) groups is 2. The second kappa shape index (κ2) is 8.02. The van der Waals surface area contributed by atoms with Crippen molar-refractivity contribution in [2.24, 2.45) is 0 Å². The Morgan fingerprint density at radius 1 is 1.16 bits per heavy atom. The van der Waals surface area contributed by atoms with Gasteiger partial charge in [0.25, 0.3) is 0 Å². The number of carbonyl (C=O) groups excluding carboxylic acids is 2. The molecule has 1 unspecified atom stereocenters. The van der Waals surface area contributed by atoms with E-state index in [1.807, 2.05) is 42.5 Å². The third-order valence-electron chi connectivity index (χ3n) is 6.28. The molecule has 0 saturated carbocycles. The summed E-state index contributed by atoms with van der Waals surface area (Å²) in [4.78, 5) is 33.8. The van der Waals surface area contributed by atoms with Gasteiger partial charge in [-0.15, -0.1) is 0 Å². The van der Waals surface area contributed by atoms with E-state index in [1.165, 1.54) is 0 Å². The Bertz CT molecular complexity index is 1160. The van der Waals surface area contributed by atoms with Gasteiger partial charge < -0.3 is 19.5 Å². The van der Waals surface area contributed by atoms with Crippen LogP contribution in [-0.2, 0) is 20.7 Å². The second-order valence-corrected chi connectivity index (χ2v) is 8.58. The molecule has 0 spiro atoms. The number of ether oxygens (including phenoxy) is 1. The lowest BCUT2D eigenvalue weighted by atomic mass is 9.86. The van der Waals surface area contributed by atoms with E-state index in [9.17, 15) is 9.59 Å². The molecule has 3 aromatic rings. The van der Waals surface area contributed by atoms with Crippen LogP contribution in [0.1, 0.15) is 29.3 Å². The van der Waals surface area contributed by atoms with E-state index in [0.717, 1.165) is 27.7 Å². The Balaban J connectivity index is 1.62. The minimum absolute atomic E-state index is 0.00124. The number of aromatic amines is 1. The maximum absolute atomic E-state index is 13.5. The first-order chi connectivity index (χ1) is 15.1. The average molecular weight is 438 g/mol. The molecule has 1 aromatic heterocycles. The fourth-order valence-electron chi connectivity index (χ4n) is 4.94. The standard InChI is InChI=1S/C24H24ClN3O3/c1-31-11-5-10-27-14-21(29)28-20(24(27)30)13-18-17-8-2-3-9-19(17)26-22(18)23(28)15-6-4-7-16(25)12-15/h2-4,6-9,12,20,23,26H,5,10-11,13-14H2,1H3/t20-,23?/m0/s1. The van der Waals surface area contributed by atoms with E-state index in [0.29, 0.717) is 31.0 Å². The average Bonchev–Trinajstić information content (AvgIpc) is 3.14. The SMILES string of the molecule is COCCCN1CC(=O)N2C(c3cccc(Cl)c3)c3[nH]c4ccccc4c3C[C@H]2C1=O. The van der Waals surface area contributed by atoms with Gasteiger partial charge in [0, 0.05) is 48.3 Å². The van der Waals surface area contributed by atoms with Gasteiger partial charge in [-0.05, 0) is 35.7 Å². The number of methoxy groups -OCH3 is 1. The molecule has 1 fully saturated rings. The van der Waals surface area contributed by atoms with Crippen molar-refractivity contribution in [1.82, 2.24) is 14.8 Å². The van der Waals surface area contributed by atoms with Gasteiger partial charge in [0.15, 0.2) is 0 Å². The van der Waals surface area contributed by atoms with Gasteiger partial charge in [-0.3, -0.25) is 9.59 Å². The number of para-hydroxylation sites is 1. The first kappa shape index (κ1) is 20.1. The molecule has 2 atom stereocenters. The lowest BCUT2D eigenvalue weighted by Crippen LogP contribution is -2.63. The van der Waals surface area contributed by atoms with Gasteiger partial charge in [-0.2, -0.15) is 0 Å². The van der Waals surface area contributed by atoms with Crippen molar-refractivity contribution >= 4 is 34.3 Å².